The minimum absolute atomic E-state index is 0. The molecule has 0 fully saturated rings. The Morgan fingerprint density at radius 1 is 0.614 bits per heavy atom. The molecule has 0 spiro atoms. The maximum Gasteiger partial charge on any atom is 2.00 e. The maximum absolute atomic E-state index is 13.9. The van der Waals surface area contributed by atoms with Crippen LogP contribution in [0.1, 0.15) is 35.0 Å². The Hall–Kier alpha value is -5.35. The molecule has 0 saturated carbocycles. The van der Waals surface area contributed by atoms with Crippen LogP contribution in [0.2, 0.25) is 0 Å². The van der Waals surface area contributed by atoms with Gasteiger partial charge in [-0.1, -0.05) is 83.5 Å². The van der Waals surface area contributed by atoms with Crippen LogP contribution in [0, 0.1) is 6.92 Å². The number of carboxylic acids is 1. The molecule has 5 aromatic rings. The number of aryl methyl sites for hydroxylation is 1. The minimum atomic E-state index is -1.08. The van der Waals surface area contributed by atoms with Crippen molar-refractivity contribution in [3.63, 3.8) is 0 Å². The fraction of sp³-hybridized carbons (Fsp3) is 0.211. The summed E-state index contributed by atoms with van der Waals surface area (Å²) in [5.74, 6) is -1.44. The Bertz CT molecular complexity index is 1680. The van der Waals surface area contributed by atoms with Crippen LogP contribution in [0.4, 0.5) is 11.4 Å². The predicted octanol–water partition coefficient (Wildman–Crippen LogP) is -2.07. The summed E-state index contributed by atoms with van der Waals surface area (Å²) in [6.07, 6.45) is 4.18. The third-order valence-electron chi connectivity index (χ3n) is 6.89. The molecule has 0 unspecified atom stereocenters. The summed E-state index contributed by atoms with van der Waals surface area (Å²) in [7, 11) is 3.38. The third kappa shape index (κ3) is 21.5. The Morgan fingerprint density at radius 3 is 1.21 bits per heavy atom. The molecule has 17 nitrogen and oxygen atoms in total. The molecule has 0 bridgehead atoms. The normalized spacial score (nSPS) is 8.63. The molecule has 3 aromatic carbocycles. The van der Waals surface area contributed by atoms with Gasteiger partial charge >= 0.3 is 33.0 Å². The van der Waals surface area contributed by atoms with Crippen LogP contribution in [0.5, 0.6) is 17.2 Å². The van der Waals surface area contributed by atoms with Crippen molar-refractivity contribution in [3.8, 4) is 17.2 Å². The van der Waals surface area contributed by atoms with Crippen molar-refractivity contribution >= 4 is 23.8 Å². The molecule has 57 heavy (non-hydrogen) atoms. The van der Waals surface area contributed by atoms with Gasteiger partial charge in [-0.2, -0.15) is 0 Å². The number of benzene rings is 3. The Kier molecular flexibility index (Phi) is 36.6. The number of carboxylic acid groups (broad SMARTS) is 1. The summed E-state index contributed by atoms with van der Waals surface area (Å²) in [5.41, 5.74) is 4.66. The van der Waals surface area contributed by atoms with Crippen LogP contribution in [0.25, 0.3) is 0 Å². The zero-order valence-corrected chi connectivity index (χ0v) is 33.6. The average Bonchev–Trinajstić information content (AvgIpc) is 3.07. The van der Waals surface area contributed by atoms with Gasteiger partial charge in [-0.3, -0.25) is 14.8 Å². The van der Waals surface area contributed by atoms with Crippen molar-refractivity contribution in [1.82, 2.24) is 14.9 Å². The topological polar surface area (TPSA) is 351 Å². The molecule has 0 aliphatic heterocycles. The number of hydrogen-bond donors (Lipinski definition) is 0. The quantitative estimate of drug-likeness (QED) is 0.103. The maximum atomic E-state index is 13.9. The van der Waals surface area contributed by atoms with Crippen molar-refractivity contribution in [3.05, 3.63) is 138 Å². The van der Waals surface area contributed by atoms with Crippen molar-refractivity contribution in [2.45, 2.75) is 40.0 Å². The molecule has 0 saturated heterocycles. The van der Waals surface area contributed by atoms with Gasteiger partial charge in [0.05, 0.1) is 24.5 Å². The molecule has 12 N–H and O–H groups in total. The van der Waals surface area contributed by atoms with Crippen LogP contribution in [0.15, 0.2) is 109 Å². The summed E-state index contributed by atoms with van der Waals surface area (Å²) in [5, 5.41) is 48.3. The first-order chi connectivity index (χ1) is 23.5. The zero-order chi connectivity index (χ0) is 35.8. The molecule has 320 valence electrons. The molecule has 1 amide bonds. The SMILES string of the molecule is CC(=O)[O-].CN(C)C=O.Cc1cc(CN(Cc2ccccn2)c2ccccc2[O-])c([O-])c(CN(Cc2ccccn2)c2ccccc2[O-])c1.O.O.O.O.O.O.[Ni+2].[Ni+2]. The van der Waals surface area contributed by atoms with Crippen molar-refractivity contribution in [2.24, 2.45) is 0 Å². The van der Waals surface area contributed by atoms with E-state index in [4.69, 9.17) is 9.90 Å². The van der Waals surface area contributed by atoms with Gasteiger partial charge in [0, 0.05) is 56.9 Å². The van der Waals surface area contributed by atoms with E-state index in [2.05, 4.69) is 9.97 Å². The summed E-state index contributed by atoms with van der Waals surface area (Å²) in [6, 6.07) is 28.7. The van der Waals surface area contributed by atoms with Gasteiger partial charge in [0.25, 0.3) is 0 Å². The monoisotopic (exact) mass is 885 g/mol. The number of carbonyl (C=O) groups is 2. The Balaban J connectivity index is -0.000000347. The first-order valence-corrected chi connectivity index (χ1v) is 15.4. The van der Waals surface area contributed by atoms with E-state index in [0.29, 0.717) is 35.6 Å². The van der Waals surface area contributed by atoms with Crippen LogP contribution >= 0.6 is 0 Å². The third-order valence-corrected chi connectivity index (χ3v) is 6.89. The molecular formula is C38H51N5Ni2O12. The van der Waals surface area contributed by atoms with Gasteiger partial charge in [0.15, 0.2) is 0 Å². The van der Waals surface area contributed by atoms with Crippen LogP contribution in [-0.2, 0) is 68.8 Å². The van der Waals surface area contributed by atoms with Gasteiger partial charge in [0.1, 0.15) is 0 Å². The number of para-hydroxylation sites is 4. The summed E-state index contributed by atoms with van der Waals surface area (Å²) in [4.78, 5) is 32.4. The molecule has 0 atom stereocenters. The largest absolute Gasteiger partial charge is 2.00 e. The van der Waals surface area contributed by atoms with E-state index in [-0.39, 0.29) is 96.2 Å². The molecule has 0 radical (unpaired) electrons. The number of aliphatic carboxylic acids is 1. The molecular weight excluding hydrogens is 836 g/mol. The number of hydrogen-bond acceptors (Lipinski definition) is 10. The number of anilines is 2. The zero-order valence-electron chi connectivity index (χ0n) is 31.6. The van der Waals surface area contributed by atoms with Crippen LogP contribution in [-0.4, -0.2) is 74.2 Å². The summed E-state index contributed by atoms with van der Waals surface area (Å²) >= 11 is 0. The molecule has 0 aliphatic rings. The molecule has 2 heterocycles. The first-order valence-electron chi connectivity index (χ1n) is 15.4. The molecule has 5 rings (SSSR count). The van der Waals surface area contributed by atoms with E-state index < -0.39 is 5.97 Å². The molecule has 2 aromatic heterocycles. The van der Waals surface area contributed by atoms with Gasteiger partial charge in [-0.25, -0.2) is 0 Å². The van der Waals surface area contributed by atoms with E-state index in [0.717, 1.165) is 30.3 Å². The predicted molar refractivity (Wildman–Crippen MR) is 203 cm³/mol. The summed E-state index contributed by atoms with van der Waals surface area (Å²) in [6.45, 7) is 4.14. The number of pyridine rings is 2. The first kappa shape index (κ1) is 63.6. The summed E-state index contributed by atoms with van der Waals surface area (Å²) < 4.78 is 0. The second kappa shape index (κ2) is 32.8. The van der Waals surface area contributed by atoms with Gasteiger partial charge in [0.2, 0.25) is 6.41 Å². The Morgan fingerprint density at radius 2 is 0.930 bits per heavy atom. The van der Waals surface area contributed by atoms with Crippen LogP contribution < -0.4 is 30.2 Å². The molecule has 19 heteroatoms. The molecule has 0 aliphatic carbocycles. The number of aromatic nitrogens is 2. The van der Waals surface area contributed by atoms with Gasteiger partial charge in [-0.15, -0.1) is 0 Å². The second-order valence-electron chi connectivity index (χ2n) is 11.3. The smallest absolute Gasteiger partial charge is 0.872 e. The average molecular weight is 887 g/mol. The number of carbonyl (C=O) groups excluding carboxylic acids is 2. The van der Waals surface area contributed by atoms with Crippen molar-refractivity contribution < 1.29 is 95.9 Å². The fourth-order valence-corrected chi connectivity index (χ4v) is 4.84. The fourth-order valence-electron chi connectivity index (χ4n) is 4.84. The van der Waals surface area contributed by atoms with Crippen molar-refractivity contribution in [1.29, 1.82) is 0 Å². The van der Waals surface area contributed by atoms with E-state index in [9.17, 15) is 20.1 Å². The van der Waals surface area contributed by atoms with E-state index in [1.165, 1.54) is 17.0 Å². The number of rotatable bonds is 11. The number of amides is 1. The minimum Gasteiger partial charge on any atom is -0.872 e. The van der Waals surface area contributed by atoms with Crippen LogP contribution in [0.3, 0.4) is 0 Å². The Labute approximate surface area is 352 Å². The van der Waals surface area contributed by atoms with E-state index in [1.54, 1.807) is 50.8 Å². The van der Waals surface area contributed by atoms with Gasteiger partial charge < -0.3 is 72.8 Å². The number of nitrogens with zero attached hydrogens (tertiary/aromatic N) is 5. The second-order valence-corrected chi connectivity index (χ2v) is 11.3. The van der Waals surface area contributed by atoms with E-state index >= 15 is 0 Å². The van der Waals surface area contributed by atoms with Gasteiger partial charge in [-0.05, 0) is 61.4 Å². The van der Waals surface area contributed by atoms with E-state index in [1.807, 2.05) is 77.4 Å². The van der Waals surface area contributed by atoms with Crippen molar-refractivity contribution in [2.75, 3.05) is 23.9 Å². The standard InChI is InChI=1S/C33H32N4O3.C3H7NO.C2H4O2.2Ni.6H2O/c1-24-18-25(20-36(22-27-10-6-8-16-34-27)29-12-2-4-14-31(29)38)33(40)26(19-24)21-37(23-28-11-7-9-17-35-28)30-13-3-5-15-32(30)39;1-4(2)3-5;1-2(3)4;;;;;;;;/h2-19,38-40H,20-23H2,1H3;3H,1-2H3;1H3,(H,3,4);;;6*1H2/q;;;2*+2;;;;;;/p-4.